The molecule has 0 radical (unpaired) electrons. The van der Waals surface area contributed by atoms with Crippen LogP contribution in [0.3, 0.4) is 0 Å². The van der Waals surface area contributed by atoms with Gasteiger partial charge in [-0.15, -0.1) is 0 Å². The lowest BCUT2D eigenvalue weighted by Crippen LogP contribution is -2.23. The average molecular weight is 274 g/mol. The molecule has 108 valence electrons. The maximum Gasteiger partial charge on any atom is 0.179 e. The van der Waals surface area contributed by atoms with E-state index < -0.39 is 0 Å². The van der Waals surface area contributed by atoms with Crippen LogP contribution in [0.4, 0.5) is 0 Å². The maximum atomic E-state index is 12.4. The number of methoxy groups -OCH3 is 1. The van der Waals surface area contributed by atoms with Gasteiger partial charge in [-0.2, -0.15) is 0 Å². The van der Waals surface area contributed by atoms with Crippen LogP contribution in [-0.2, 0) is 7.05 Å². The van der Waals surface area contributed by atoms with E-state index in [0.29, 0.717) is 6.54 Å². The number of nitrogens with one attached hydrogen (secondary N) is 1. The summed E-state index contributed by atoms with van der Waals surface area (Å²) in [6.45, 7) is 7.19. The Morgan fingerprint density at radius 2 is 2.05 bits per heavy atom. The molecule has 2 rings (SSSR count). The monoisotopic (exact) mass is 274 g/mol. The second-order valence-electron chi connectivity index (χ2n) is 5.06. The Bertz CT molecular complexity index is 656. The summed E-state index contributed by atoms with van der Waals surface area (Å²) in [5.41, 5.74) is 4.01. The summed E-state index contributed by atoms with van der Waals surface area (Å²) in [7, 11) is 3.65. The van der Waals surface area contributed by atoms with E-state index in [1.165, 1.54) is 0 Å². The lowest BCUT2D eigenvalue weighted by atomic mass is 10.0. The Labute approximate surface area is 119 Å². The maximum absolute atomic E-state index is 12.4. The van der Waals surface area contributed by atoms with E-state index in [2.05, 4.69) is 9.88 Å². The SMILES string of the molecule is CCNCC(=O)c1c(C)n(C)c2c(C)cc(OC)cc12. The minimum absolute atomic E-state index is 0.127. The Hall–Kier alpha value is -1.81. The number of likely N-dealkylation sites (N-methyl/N-ethyl adjacent to an activating group) is 1. The number of hydrogen-bond donors (Lipinski definition) is 1. The molecule has 4 nitrogen and oxygen atoms in total. The van der Waals surface area contributed by atoms with E-state index in [1.54, 1.807) is 7.11 Å². The predicted octanol–water partition coefficient (Wildman–Crippen LogP) is 2.60. The molecular formula is C16H22N2O2. The molecule has 0 amide bonds. The van der Waals surface area contributed by atoms with Crippen LogP contribution in [0.15, 0.2) is 12.1 Å². The van der Waals surface area contributed by atoms with Crippen LogP contribution in [0, 0.1) is 13.8 Å². The number of rotatable bonds is 5. The van der Waals surface area contributed by atoms with Crippen molar-refractivity contribution in [1.82, 2.24) is 9.88 Å². The summed E-state index contributed by atoms with van der Waals surface area (Å²) < 4.78 is 7.42. The molecule has 20 heavy (non-hydrogen) atoms. The molecule has 0 atom stereocenters. The summed E-state index contributed by atoms with van der Waals surface area (Å²) in [4.78, 5) is 12.4. The third-order valence-electron chi connectivity index (χ3n) is 3.79. The van der Waals surface area contributed by atoms with Gasteiger partial charge in [-0.25, -0.2) is 0 Å². The van der Waals surface area contributed by atoms with Gasteiger partial charge in [0, 0.05) is 23.7 Å². The third kappa shape index (κ3) is 2.31. The zero-order valence-electron chi connectivity index (χ0n) is 12.8. The van der Waals surface area contributed by atoms with Gasteiger partial charge in [-0.3, -0.25) is 4.79 Å². The number of ketones is 1. The molecule has 1 heterocycles. The molecule has 0 aliphatic rings. The number of carbonyl (C=O) groups is 1. The summed E-state index contributed by atoms with van der Waals surface area (Å²) in [5.74, 6) is 0.917. The minimum atomic E-state index is 0.127. The van der Waals surface area contributed by atoms with Crippen LogP contribution in [-0.4, -0.2) is 30.5 Å². The van der Waals surface area contributed by atoms with E-state index in [9.17, 15) is 4.79 Å². The first-order valence-corrected chi connectivity index (χ1v) is 6.88. The van der Waals surface area contributed by atoms with E-state index in [4.69, 9.17) is 4.74 Å². The smallest absolute Gasteiger partial charge is 0.179 e. The molecule has 0 aliphatic carbocycles. The second kappa shape index (κ2) is 5.67. The molecule has 0 unspecified atom stereocenters. The minimum Gasteiger partial charge on any atom is -0.497 e. The van der Waals surface area contributed by atoms with Crippen molar-refractivity contribution in [1.29, 1.82) is 0 Å². The highest BCUT2D eigenvalue weighted by atomic mass is 16.5. The fourth-order valence-electron chi connectivity index (χ4n) is 2.71. The molecule has 2 aromatic rings. The van der Waals surface area contributed by atoms with Gasteiger partial charge in [0.05, 0.1) is 19.2 Å². The predicted molar refractivity (Wildman–Crippen MR) is 81.8 cm³/mol. The van der Waals surface area contributed by atoms with Gasteiger partial charge < -0.3 is 14.6 Å². The molecule has 0 fully saturated rings. The number of Topliss-reactive ketones (excluding diaryl/α,β-unsaturated/α-hetero) is 1. The molecule has 1 N–H and O–H groups in total. The molecule has 1 aromatic heterocycles. The summed E-state index contributed by atoms with van der Waals surface area (Å²) in [6.07, 6.45) is 0. The standard InChI is InChI=1S/C16H22N2O2/c1-6-17-9-14(19)15-11(3)18(4)16-10(2)7-12(20-5)8-13(15)16/h7-8,17H,6,9H2,1-5H3. The fourth-order valence-corrected chi connectivity index (χ4v) is 2.71. The molecule has 0 saturated carbocycles. The molecule has 1 aromatic carbocycles. The molecular weight excluding hydrogens is 252 g/mol. The highest BCUT2D eigenvalue weighted by Crippen LogP contribution is 2.31. The molecule has 0 spiro atoms. The quantitative estimate of drug-likeness (QED) is 0.852. The lowest BCUT2D eigenvalue weighted by molar-refractivity contribution is 0.0992. The first-order chi connectivity index (χ1) is 9.51. The number of hydrogen-bond acceptors (Lipinski definition) is 3. The van der Waals surface area contributed by atoms with Crippen LogP contribution in [0.2, 0.25) is 0 Å². The van der Waals surface area contributed by atoms with Crippen LogP contribution >= 0.6 is 0 Å². The second-order valence-corrected chi connectivity index (χ2v) is 5.06. The summed E-state index contributed by atoms with van der Waals surface area (Å²) in [5, 5.41) is 4.08. The van der Waals surface area contributed by atoms with Crippen molar-refractivity contribution >= 4 is 16.7 Å². The number of benzene rings is 1. The molecule has 0 bridgehead atoms. The number of carbonyl (C=O) groups excluding carboxylic acids is 1. The van der Waals surface area contributed by atoms with Gasteiger partial charge in [0.2, 0.25) is 0 Å². The Balaban J connectivity index is 2.67. The van der Waals surface area contributed by atoms with Crippen molar-refractivity contribution in [2.45, 2.75) is 20.8 Å². The summed E-state index contributed by atoms with van der Waals surface area (Å²) >= 11 is 0. The van der Waals surface area contributed by atoms with Crippen LogP contribution < -0.4 is 10.1 Å². The number of aromatic nitrogens is 1. The van der Waals surface area contributed by atoms with Gasteiger partial charge in [-0.05, 0) is 38.1 Å². The number of nitrogens with zero attached hydrogens (tertiary/aromatic N) is 1. The van der Waals surface area contributed by atoms with Crippen LogP contribution in [0.25, 0.3) is 10.9 Å². The van der Waals surface area contributed by atoms with Crippen molar-refractivity contribution in [3.8, 4) is 5.75 Å². The van der Waals surface area contributed by atoms with Gasteiger partial charge in [-0.1, -0.05) is 6.92 Å². The topological polar surface area (TPSA) is 43.3 Å². The Morgan fingerprint density at radius 1 is 1.35 bits per heavy atom. The van der Waals surface area contributed by atoms with Crippen molar-refractivity contribution in [2.75, 3.05) is 20.2 Å². The third-order valence-corrected chi connectivity index (χ3v) is 3.79. The van der Waals surface area contributed by atoms with Crippen LogP contribution in [0.1, 0.15) is 28.5 Å². The van der Waals surface area contributed by atoms with Gasteiger partial charge in [0.1, 0.15) is 5.75 Å². The normalized spacial score (nSPS) is 11.1. The highest BCUT2D eigenvalue weighted by molar-refractivity contribution is 6.11. The van der Waals surface area contributed by atoms with Crippen molar-refractivity contribution in [2.24, 2.45) is 7.05 Å². The van der Waals surface area contributed by atoms with E-state index in [0.717, 1.165) is 40.0 Å². The van der Waals surface area contributed by atoms with Gasteiger partial charge >= 0.3 is 0 Å². The zero-order chi connectivity index (χ0) is 14.9. The summed E-state index contributed by atoms with van der Waals surface area (Å²) in [6, 6.07) is 3.95. The number of ether oxygens (including phenoxy) is 1. The molecule has 0 aliphatic heterocycles. The molecule has 0 saturated heterocycles. The highest BCUT2D eigenvalue weighted by Gasteiger charge is 2.20. The number of fused-ring (bicyclic) bond motifs is 1. The van der Waals surface area contributed by atoms with Gasteiger partial charge in [0.25, 0.3) is 0 Å². The van der Waals surface area contributed by atoms with Gasteiger partial charge in [0.15, 0.2) is 5.78 Å². The lowest BCUT2D eigenvalue weighted by Gasteiger charge is -2.05. The largest absolute Gasteiger partial charge is 0.497 e. The van der Waals surface area contributed by atoms with E-state index >= 15 is 0 Å². The average Bonchev–Trinajstić information content (AvgIpc) is 2.68. The first kappa shape index (κ1) is 14.6. The molecule has 4 heteroatoms. The Kier molecular flexibility index (Phi) is 4.14. The zero-order valence-corrected chi connectivity index (χ0v) is 12.8. The van der Waals surface area contributed by atoms with E-state index in [-0.39, 0.29) is 5.78 Å². The number of aryl methyl sites for hydroxylation is 2. The van der Waals surface area contributed by atoms with Crippen LogP contribution in [0.5, 0.6) is 5.75 Å². The fraction of sp³-hybridized carbons (Fsp3) is 0.438. The van der Waals surface area contributed by atoms with Crippen molar-refractivity contribution < 1.29 is 9.53 Å². The Morgan fingerprint density at radius 3 is 2.65 bits per heavy atom. The van der Waals surface area contributed by atoms with Crippen molar-refractivity contribution in [3.63, 3.8) is 0 Å². The van der Waals surface area contributed by atoms with E-state index in [1.807, 2.05) is 40.0 Å². The first-order valence-electron chi connectivity index (χ1n) is 6.88. The van der Waals surface area contributed by atoms with Crippen molar-refractivity contribution in [3.05, 3.63) is 29.0 Å².